The molecule has 0 saturated carbocycles. The Kier molecular flexibility index (Phi) is 15.4. The molecule has 0 bridgehead atoms. The van der Waals surface area contributed by atoms with Crippen molar-refractivity contribution < 1.29 is 58.6 Å². The molecule has 0 heterocycles. The van der Waals surface area contributed by atoms with Gasteiger partial charge in [0.05, 0.1) is 5.92 Å². The first-order valence-electron chi connectivity index (χ1n) is 14.4. The number of fused-ring (bicyclic) bond motifs is 1. The molecule has 0 aliphatic rings. The van der Waals surface area contributed by atoms with Crippen LogP contribution in [0.4, 0.5) is 39.5 Å². The van der Waals surface area contributed by atoms with Crippen LogP contribution in [0.15, 0.2) is 42.5 Å². The topological polar surface area (TPSA) is 52.6 Å². The van der Waals surface area contributed by atoms with Crippen molar-refractivity contribution in [3.8, 4) is 0 Å². The Balaban J connectivity index is 0.000000646. The van der Waals surface area contributed by atoms with Crippen LogP contribution in [-0.2, 0) is 19.1 Å². The lowest BCUT2D eigenvalue weighted by Crippen LogP contribution is -2.46. The Hall–Kier alpha value is -2.99. The molecule has 45 heavy (non-hydrogen) atoms. The van der Waals surface area contributed by atoms with Crippen LogP contribution in [0, 0.1) is 11.3 Å². The molecule has 0 radical (unpaired) electrons. The summed E-state index contributed by atoms with van der Waals surface area (Å²) in [5.74, 6) is -3.07. The van der Waals surface area contributed by atoms with Gasteiger partial charge in [0.15, 0.2) is 5.41 Å². The Morgan fingerprint density at radius 3 is 1.60 bits per heavy atom. The van der Waals surface area contributed by atoms with Crippen LogP contribution in [0.1, 0.15) is 93.1 Å². The third-order valence-corrected chi connectivity index (χ3v) is 6.98. The molecule has 3 atom stereocenters. The SMILES string of the molecule is CCC(C)(C(=O)OC(C)(C)C)C(F)(F)F.CCC(C)C(=O)OC(C(F)(F)F)C(F)(F)F.CCC(C)c1ccc2ccccc2c1. The summed E-state index contributed by atoms with van der Waals surface area (Å²) in [5.41, 5.74) is -1.87. The van der Waals surface area contributed by atoms with E-state index < -0.39 is 53.5 Å². The molecule has 2 aromatic carbocycles. The van der Waals surface area contributed by atoms with E-state index in [2.05, 4.69) is 61.0 Å². The highest BCUT2D eigenvalue weighted by atomic mass is 19.4. The van der Waals surface area contributed by atoms with Gasteiger partial charge in [0.1, 0.15) is 5.60 Å². The van der Waals surface area contributed by atoms with Crippen molar-refractivity contribution in [1.82, 2.24) is 0 Å². The van der Waals surface area contributed by atoms with Gasteiger partial charge in [-0.25, -0.2) is 0 Å². The first-order chi connectivity index (χ1) is 20.2. The fourth-order valence-corrected chi connectivity index (χ4v) is 3.32. The van der Waals surface area contributed by atoms with Crippen LogP contribution in [0.25, 0.3) is 10.8 Å². The van der Waals surface area contributed by atoms with Crippen LogP contribution in [0.5, 0.6) is 0 Å². The fraction of sp³-hybridized carbons (Fsp3) is 0.625. The summed E-state index contributed by atoms with van der Waals surface area (Å²) in [6.07, 6.45) is -19.0. The minimum atomic E-state index is -5.65. The molecule has 0 aliphatic heterocycles. The van der Waals surface area contributed by atoms with Crippen molar-refractivity contribution in [2.24, 2.45) is 11.3 Å². The van der Waals surface area contributed by atoms with Gasteiger partial charge in [-0.15, -0.1) is 0 Å². The first kappa shape index (κ1) is 42.0. The number of carbonyl (C=O) groups excluding carboxylic acids is 2. The van der Waals surface area contributed by atoms with E-state index in [0.717, 1.165) is 6.92 Å². The number of alkyl halides is 9. The van der Waals surface area contributed by atoms with Crippen LogP contribution >= 0.6 is 0 Å². The minimum Gasteiger partial charge on any atom is -0.459 e. The lowest BCUT2D eigenvalue weighted by molar-refractivity contribution is -0.314. The molecule has 0 fully saturated rings. The highest BCUT2D eigenvalue weighted by molar-refractivity contribution is 5.83. The average molecular weight is 663 g/mol. The maximum Gasteiger partial charge on any atom is 0.434 e. The van der Waals surface area contributed by atoms with Gasteiger partial charge in [0.25, 0.3) is 6.10 Å². The van der Waals surface area contributed by atoms with E-state index in [0.29, 0.717) is 5.92 Å². The van der Waals surface area contributed by atoms with Gasteiger partial charge in [-0.1, -0.05) is 77.1 Å². The molecular formula is C32H43F9O4. The maximum absolute atomic E-state index is 12.6. The molecule has 4 nitrogen and oxygen atoms in total. The lowest BCUT2D eigenvalue weighted by Gasteiger charge is -2.32. The smallest absolute Gasteiger partial charge is 0.434 e. The lowest BCUT2D eigenvalue weighted by atomic mass is 9.86. The summed E-state index contributed by atoms with van der Waals surface area (Å²) in [5, 5.41) is 2.69. The standard InChI is InChI=1S/C14H16.C10H17F3O2.C8H10F6O2/c1-3-11(2)13-9-8-12-6-4-5-7-14(12)10-13;1-6-9(5,10(11,12)13)7(14)15-8(2,3)4;1-3-4(2)5(15)16-6(7(9,10)11)8(12,13)14/h4-11H,3H2,1-2H3;6H2,1-5H3;4,6H,3H2,1-2H3. The molecule has 2 aromatic rings. The zero-order valence-corrected chi connectivity index (χ0v) is 26.9. The van der Waals surface area contributed by atoms with Crippen LogP contribution in [0.3, 0.4) is 0 Å². The number of ether oxygens (including phenoxy) is 2. The van der Waals surface area contributed by atoms with Crippen molar-refractivity contribution in [1.29, 1.82) is 0 Å². The Bertz CT molecular complexity index is 1200. The zero-order valence-electron chi connectivity index (χ0n) is 26.9. The second-order valence-corrected chi connectivity index (χ2v) is 11.8. The highest BCUT2D eigenvalue weighted by Gasteiger charge is 2.60. The van der Waals surface area contributed by atoms with Gasteiger partial charge in [-0.3, -0.25) is 9.59 Å². The number of esters is 2. The molecular weight excluding hydrogens is 619 g/mol. The molecule has 258 valence electrons. The third kappa shape index (κ3) is 13.5. The molecule has 3 unspecified atom stereocenters. The summed E-state index contributed by atoms with van der Waals surface area (Å²) >= 11 is 0. The average Bonchev–Trinajstić information content (AvgIpc) is 2.91. The van der Waals surface area contributed by atoms with Crippen LogP contribution in [-0.4, -0.2) is 42.2 Å². The number of carbonyl (C=O) groups is 2. The number of hydrogen-bond donors (Lipinski definition) is 0. The Morgan fingerprint density at radius 2 is 1.22 bits per heavy atom. The number of rotatable bonds is 7. The molecule has 0 N–H and O–H groups in total. The molecule has 0 aromatic heterocycles. The number of hydrogen-bond acceptors (Lipinski definition) is 4. The van der Waals surface area contributed by atoms with E-state index in [1.165, 1.54) is 64.3 Å². The quantitative estimate of drug-likeness (QED) is 0.219. The monoisotopic (exact) mass is 662 g/mol. The summed E-state index contributed by atoms with van der Waals surface area (Å²) in [7, 11) is 0. The molecule has 0 amide bonds. The number of halogens is 9. The largest absolute Gasteiger partial charge is 0.459 e. The van der Waals surface area contributed by atoms with Crippen LogP contribution < -0.4 is 0 Å². The van der Waals surface area contributed by atoms with Crippen molar-refractivity contribution in [2.75, 3.05) is 0 Å². The van der Waals surface area contributed by atoms with Gasteiger partial charge in [-0.05, 0) is 69.2 Å². The fourth-order valence-electron chi connectivity index (χ4n) is 3.32. The van der Waals surface area contributed by atoms with Gasteiger partial charge < -0.3 is 9.47 Å². The summed E-state index contributed by atoms with van der Waals surface area (Å²) < 4.78 is 118. The van der Waals surface area contributed by atoms with Crippen molar-refractivity contribution >= 4 is 22.7 Å². The third-order valence-electron chi connectivity index (χ3n) is 6.98. The van der Waals surface area contributed by atoms with Gasteiger partial charge in [0.2, 0.25) is 0 Å². The van der Waals surface area contributed by atoms with E-state index in [-0.39, 0.29) is 12.8 Å². The van der Waals surface area contributed by atoms with E-state index in [4.69, 9.17) is 4.74 Å². The van der Waals surface area contributed by atoms with Gasteiger partial charge in [-0.2, -0.15) is 39.5 Å². The van der Waals surface area contributed by atoms with Crippen molar-refractivity contribution in [3.63, 3.8) is 0 Å². The normalized spacial score (nSPS) is 15.1. The Morgan fingerprint density at radius 1 is 0.733 bits per heavy atom. The highest BCUT2D eigenvalue weighted by Crippen LogP contribution is 2.42. The summed E-state index contributed by atoms with van der Waals surface area (Å²) in [6, 6.07) is 15.3. The molecule has 0 spiro atoms. The van der Waals surface area contributed by atoms with Crippen LogP contribution in [0.2, 0.25) is 0 Å². The van der Waals surface area contributed by atoms with E-state index in [1.54, 1.807) is 0 Å². The predicted molar refractivity (Wildman–Crippen MR) is 154 cm³/mol. The first-order valence-corrected chi connectivity index (χ1v) is 14.4. The van der Waals surface area contributed by atoms with E-state index >= 15 is 0 Å². The predicted octanol–water partition coefficient (Wildman–Crippen LogP) is 10.7. The van der Waals surface area contributed by atoms with Crippen molar-refractivity contribution in [2.45, 2.75) is 118 Å². The zero-order chi connectivity index (χ0) is 35.6. The summed E-state index contributed by atoms with van der Waals surface area (Å²) in [4.78, 5) is 22.3. The second-order valence-electron chi connectivity index (χ2n) is 11.8. The molecule has 13 heteroatoms. The van der Waals surface area contributed by atoms with E-state index in [1.807, 2.05) is 0 Å². The molecule has 0 saturated heterocycles. The van der Waals surface area contributed by atoms with E-state index in [9.17, 15) is 49.1 Å². The van der Waals surface area contributed by atoms with Crippen molar-refractivity contribution in [3.05, 3.63) is 48.0 Å². The maximum atomic E-state index is 12.6. The summed E-state index contributed by atoms with van der Waals surface area (Å²) in [6.45, 7) is 13.9. The second kappa shape index (κ2) is 16.5. The molecule has 0 aliphatic carbocycles. The van der Waals surface area contributed by atoms with Gasteiger partial charge in [0, 0.05) is 0 Å². The Labute approximate surface area is 258 Å². The molecule has 2 rings (SSSR count). The van der Waals surface area contributed by atoms with Gasteiger partial charge >= 0.3 is 30.5 Å². The minimum absolute atomic E-state index is 0.0985. The number of benzene rings is 2.